The first-order chi connectivity index (χ1) is 17.5. The van der Waals surface area contributed by atoms with Gasteiger partial charge in [-0.15, -0.1) is 0 Å². The van der Waals surface area contributed by atoms with Crippen LogP contribution in [0.3, 0.4) is 0 Å². The number of sulfonamides is 1. The summed E-state index contributed by atoms with van der Waals surface area (Å²) in [5.41, 5.74) is 1.08. The second-order valence-electron chi connectivity index (χ2n) is 9.43. The minimum absolute atomic E-state index is 0.0967. The Balaban J connectivity index is 1.86. The number of carbonyl (C=O) groups is 1. The summed E-state index contributed by atoms with van der Waals surface area (Å²) in [7, 11) is -1.37. The number of ether oxygens (including phenoxy) is 2. The highest BCUT2D eigenvalue weighted by atomic mass is 32.2. The minimum Gasteiger partial charge on any atom is -0.493 e. The molecule has 0 aliphatic rings. The number of carbonyl (C=O) groups excluding carboxylic acids is 1. The number of hydrogen-bond acceptors (Lipinski definition) is 5. The third kappa shape index (κ3) is 6.80. The zero-order valence-corrected chi connectivity index (χ0v) is 22.5. The van der Waals surface area contributed by atoms with Crippen LogP contribution >= 0.6 is 0 Å². The highest BCUT2D eigenvalue weighted by Gasteiger charge is 2.30. The Morgan fingerprint density at radius 3 is 2.19 bits per heavy atom. The minimum atomic E-state index is -4.22. The van der Waals surface area contributed by atoms with Gasteiger partial charge in [-0.2, -0.15) is 0 Å². The van der Waals surface area contributed by atoms with E-state index in [0.717, 1.165) is 22.0 Å². The highest BCUT2D eigenvalue weighted by Crippen LogP contribution is 2.32. The van der Waals surface area contributed by atoms with E-state index in [0.29, 0.717) is 12.2 Å². The Morgan fingerprint density at radius 1 is 0.973 bits per heavy atom. The highest BCUT2D eigenvalue weighted by molar-refractivity contribution is 7.92. The topological polar surface area (TPSA) is 84.9 Å². The summed E-state index contributed by atoms with van der Waals surface area (Å²) >= 11 is 0. The molecule has 3 rings (SSSR count). The number of methoxy groups -OCH3 is 2. The van der Waals surface area contributed by atoms with Crippen LogP contribution < -0.4 is 19.1 Å². The molecule has 0 heterocycles. The van der Waals surface area contributed by atoms with Crippen LogP contribution in [-0.4, -0.2) is 41.1 Å². The van der Waals surface area contributed by atoms with Gasteiger partial charge < -0.3 is 14.8 Å². The largest absolute Gasteiger partial charge is 0.493 e. The maximum Gasteiger partial charge on any atom is 0.264 e. The van der Waals surface area contributed by atoms with Crippen molar-refractivity contribution in [2.75, 3.05) is 25.1 Å². The standard InChI is InChI=1S/C28H33FN2O5S/c1-20(18-28(2,3)21-9-7-6-8-10-21)30-27(32)19-31(23-13-11-22(29)12-14-23)37(33,34)24-15-16-25(35-4)26(17-24)36-5/h6-17,20H,18-19H2,1-5H3,(H,30,32). The van der Waals surface area contributed by atoms with Gasteiger partial charge in [0.1, 0.15) is 12.4 Å². The molecular formula is C28H33FN2O5S. The Labute approximate surface area is 218 Å². The summed E-state index contributed by atoms with van der Waals surface area (Å²) in [5.74, 6) is -0.413. The van der Waals surface area contributed by atoms with Crippen molar-refractivity contribution in [3.05, 3.63) is 84.2 Å². The first-order valence-electron chi connectivity index (χ1n) is 11.8. The average molecular weight is 529 g/mol. The Morgan fingerprint density at radius 2 is 1.59 bits per heavy atom. The van der Waals surface area contributed by atoms with Gasteiger partial charge in [-0.05, 0) is 60.7 Å². The number of rotatable bonds is 11. The van der Waals surface area contributed by atoms with Gasteiger partial charge in [-0.3, -0.25) is 9.10 Å². The number of anilines is 1. The van der Waals surface area contributed by atoms with Crippen LogP contribution in [-0.2, 0) is 20.2 Å². The fraction of sp³-hybridized carbons (Fsp3) is 0.321. The van der Waals surface area contributed by atoms with Crippen molar-refractivity contribution in [3.8, 4) is 11.5 Å². The number of halogens is 1. The summed E-state index contributed by atoms with van der Waals surface area (Å²) in [6.07, 6.45) is 0.641. The van der Waals surface area contributed by atoms with E-state index in [1.165, 1.54) is 44.6 Å². The lowest BCUT2D eigenvalue weighted by atomic mass is 9.79. The van der Waals surface area contributed by atoms with Crippen molar-refractivity contribution in [1.82, 2.24) is 5.32 Å². The second-order valence-corrected chi connectivity index (χ2v) is 11.3. The molecule has 0 saturated heterocycles. The average Bonchev–Trinajstić information content (AvgIpc) is 2.87. The maximum absolute atomic E-state index is 13.7. The van der Waals surface area contributed by atoms with Gasteiger partial charge in [0.2, 0.25) is 5.91 Å². The molecule has 0 aliphatic carbocycles. The molecule has 0 fully saturated rings. The predicted molar refractivity (Wildman–Crippen MR) is 142 cm³/mol. The molecule has 1 N–H and O–H groups in total. The Bertz CT molecular complexity index is 1310. The summed E-state index contributed by atoms with van der Waals surface area (Å²) < 4.78 is 52.4. The third-order valence-electron chi connectivity index (χ3n) is 6.12. The summed E-state index contributed by atoms with van der Waals surface area (Å²) in [6, 6.07) is 18.9. The van der Waals surface area contributed by atoms with Crippen molar-refractivity contribution < 1.29 is 27.1 Å². The van der Waals surface area contributed by atoms with Crippen LogP contribution in [0.15, 0.2) is 77.7 Å². The summed E-state index contributed by atoms with van der Waals surface area (Å²) in [4.78, 5) is 13.0. The summed E-state index contributed by atoms with van der Waals surface area (Å²) in [6.45, 7) is 5.58. The van der Waals surface area contributed by atoms with E-state index in [-0.39, 0.29) is 27.8 Å². The molecule has 0 spiro atoms. The van der Waals surface area contributed by atoms with Crippen molar-refractivity contribution >= 4 is 21.6 Å². The smallest absolute Gasteiger partial charge is 0.264 e. The van der Waals surface area contributed by atoms with Crippen LogP contribution in [0.25, 0.3) is 0 Å². The van der Waals surface area contributed by atoms with Crippen LogP contribution in [0.5, 0.6) is 11.5 Å². The fourth-order valence-corrected chi connectivity index (χ4v) is 5.74. The number of nitrogens with one attached hydrogen (secondary N) is 1. The first kappa shape index (κ1) is 28.0. The van der Waals surface area contributed by atoms with Crippen molar-refractivity contribution in [2.45, 2.75) is 43.5 Å². The van der Waals surface area contributed by atoms with E-state index in [4.69, 9.17) is 9.47 Å². The van der Waals surface area contributed by atoms with Crippen molar-refractivity contribution in [2.24, 2.45) is 0 Å². The number of hydrogen-bond donors (Lipinski definition) is 1. The van der Waals surface area contributed by atoms with Crippen LogP contribution in [0.4, 0.5) is 10.1 Å². The van der Waals surface area contributed by atoms with E-state index in [1.54, 1.807) is 0 Å². The maximum atomic E-state index is 13.7. The van der Waals surface area contributed by atoms with Gasteiger partial charge in [0.25, 0.3) is 10.0 Å². The number of amides is 1. The number of benzene rings is 3. The van der Waals surface area contributed by atoms with Gasteiger partial charge >= 0.3 is 0 Å². The molecule has 0 radical (unpaired) electrons. The molecule has 1 unspecified atom stereocenters. The monoisotopic (exact) mass is 528 g/mol. The molecule has 3 aromatic carbocycles. The first-order valence-corrected chi connectivity index (χ1v) is 13.3. The molecule has 0 saturated carbocycles. The molecule has 7 nitrogen and oxygen atoms in total. The zero-order valence-electron chi connectivity index (χ0n) is 21.7. The molecule has 198 valence electrons. The van der Waals surface area contributed by atoms with Gasteiger partial charge in [-0.1, -0.05) is 44.2 Å². The third-order valence-corrected chi connectivity index (χ3v) is 7.89. The molecule has 1 atom stereocenters. The second kappa shape index (κ2) is 11.6. The molecule has 37 heavy (non-hydrogen) atoms. The van der Waals surface area contributed by atoms with E-state index in [9.17, 15) is 17.6 Å². The lowest BCUT2D eigenvalue weighted by Gasteiger charge is -2.30. The van der Waals surface area contributed by atoms with Gasteiger partial charge in [0.15, 0.2) is 11.5 Å². The van der Waals surface area contributed by atoms with Gasteiger partial charge in [-0.25, -0.2) is 12.8 Å². The molecule has 9 heteroatoms. The van der Waals surface area contributed by atoms with E-state index in [2.05, 4.69) is 19.2 Å². The van der Waals surface area contributed by atoms with Gasteiger partial charge in [0.05, 0.1) is 24.8 Å². The Hall–Kier alpha value is -3.59. The van der Waals surface area contributed by atoms with Crippen LogP contribution in [0.1, 0.15) is 32.8 Å². The Kier molecular flexibility index (Phi) is 8.81. The summed E-state index contributed by atoms with van der Waals surface area (Å²) in [5, 5.41) is 2.92. The molecule has 0 bridgehead atoms. The van der Waals surface area contributed by atoms with Gasteiger partial charge in [0, 0.05) is 12.1 Å². The van der Waals surface area contributed by atoms with E-state index in [1.807, 2.05) is 37.3 Å². The molecule has 0 aromatic heterocycles. The molecular weight excluding hydrogens is 495 g/mol. The van der Waals surface area contributed by atoms with E-state index < -0.39 is 28.3 Å². The van der Waals surface area contributed by atoms with E-state index >= 15 is 0 Å². The van der Waals surface area contributed by atoms with Crippen molar-refractivity contribution in [3.63, 3.8) is 0 Å². The lowest BCUT2D eigenvalue weighted by Crippen LogP contribution is -2.45. The normalized spacial score (nSPS) is 12.5. The quantitative estimate of drug-likeness (QED) is 0.382. The lowest BCUT2D eigenvalue weighted by molar-refractivity contribution is -0.120. The zero-order chi connectivity index (χ0) is 27.2. The van der Waals surface area contributed by atoms with Crippen LogP contribution in [0.2, 0.25) is 0 Å². The van der Waals surface area contributed by atoms with Crippen molar-refractivity contribution in [1.29, 1.82) is 0 Å². The SMILES string of the molecule is COc1ccc(S(=O)(=O)N(CC(=O)NC(C)CC(C)(C)c2ccccc2)c2ccc(F)cc2)cc1OC. The number of nitrogens with zero attached hydrogens (tertiary/aromatic N) is 1. The fourth-order valence-electron chi connectivity index (χ4n) is 4.30. The molecule has 3 aromatic rings. The molecule has 1 amide bonds. The van der Waals surface area contributed by atoms with Crippen LogP contribution in [0, 0.1) is 5.82 Å². The predicted octanol–water partition coefficient (Wildman–Crippen LogP) is 4.91. The molecule has 0 aliphatic heterocycles.